The van der Waals surface area contributed by atoms with Crippen LogP contribution in [0.4, 0.5) is 10.5 Å². The molecule has 2 rings (SSSR count). The topological polar surface area (TPSA) is 128 Å². The summed E-state index contributed by atoms with van der Waals surface area (Å²) in [6.45, 7) is 11.5. The van der Waals surface area contributed by atoms with Gasteiger partial charge in [-0.05, 0) is 77.3 Å². The van der Waals surface area contributed by atoms with Crippen molar-refractivity contribution in [1.29, 1.82) is 0 Å². The number of nitrogens with zero attached hydrogens (tertiary/aromatic N) is 1. The molecule has 2 aromatic carbocycles. The van der Waals surface area contributed by atoms with Gasteiger partial charge in [0.1, 0.15) is 23.4 Å². The summed E-state index contributed by atoms with van der Waals surface area (Å²) in [5, 5.41) is 25.6. The van der Waals surface area contributed by atoms with Crippen LogP contribution in [0.3, 0.4) is 0 Å². The molecule has 0 aromatic heterocycles. The summed E-state index contributed by atoms with van der Waals surface area (Å²) in [5.74, 6) is -1.26. The van der Waals surface area contributed by atoms with Crippen molar-refractivity contribution in [2.75, 3.05) is 11.9 Å². The van der Waals surface area contributed by atoms with Gasteiger partial charge in [-0.15, -0.1) is 0 Å². The molecule has 0 spiro atoms. The number of anilines is 1. The molecule has 0 aliphatic rings. The molecule has 3 amide bonds. The fourth-order valence-corrected chi connectivity index (χ4v) is 4.07. The second kappa shape index (κ2) is 12.5. The minimum atomic E-state index is -1.38. The third kappa shape index (κ3) is 7.85. The molecule has 0 aliphatic carbocycles. The fourth-order valence-electron chi connectivity index (χ4n) is 3.80. The Morgan fingerprint density at radius 2 is 1.66 bits per heavy atom. The Balaban J connectivity index is 2.61. The lowest BCUT2D eigenvalue weighted by Gasteiger charge is -2.44. The number of carbonyl (C=O) groups is 3. The third-order valence-corrected chi connectivity index (χ3v) is 6.43. The van der Waals surface area contributed by atoms with E-state index in [1.807, 2.05) is 6.92 Å². The molecule has 0 saturated carbocycles. The van der Waals surface area contributed by atoms with Gasteiger partial charge in [-0.2, -0.15) is 0 Å². The van der Waals surface area contributed by atoms with Crippen molar-refractivity contribution >= 4 is 35.2 Å². The number of benzene rings is 2. The summed E-state index contributed by atoms with van der Waals surface area (Å²) in [7, 11) is 0. The Morgan fingerprint density at radius 3 is 2.16 bits per heavy atom. The standard InChI is InChI=1S/C28H38ClN3O6/c1-8-28(6,7)32(25(36)21(16-33)30-26(37)38-27(3,4)5)23(18-12-14-19(34)15-13-18)24(35)31-22-17(2)10-9-11-20(22)29/h9-15,21,23,33-34H,8,16H2,1-7H3,(H,30,37)(H,31,35). The predicted octanol–water partition coefficient (Wildman–Crippen LogP) is 4.94. The Hall–Kier alpha value is -3.30. The van der Waals surface area contributed by atoms with E-state index in [1.165, 1.54) is 17.0 Å². The Kier molecular flexibility index (Phi) is 10.2. The number of amides is 3. The molecule has 208 valence electrons. The number of alkyl carbamates (subject to hydrolysis) is 1. The van der Waals surface area contributed by atoms with Gasteiger partial charge < -0.3 is 30.5 Å². The average Bonchev–Trinajstić information content (AvgIpc) is 2.82. The summed E-state index contributed by atoms with van der Waals surface area (Å²) in [6.07, 6.45) is -0.437. The maximum absolute atomic E-state index is 14.0. The first-order valence-electron chi connectivity index (χ1n) is 12.4. The third-order valence-electron chi connectivity index (χ3n) is 6.11. The molecule has 2 aromatic rings. The normalized spacial score (nSPS) is 13.3. The number of phenols is 1. The first kappa shape index (κ1) is 30.9. The van der Waals surface area contributed by atoms with Crippen molar-refractivity contribution in [2.45, 2.75) is 78.1 Å². The van der Waals surface area contributed by atoms with Crippen molar-refractivity contribution < 1.29 is 29.3 Å². The van der Waals surface area contributed by atoms with Crippen LogP contribution in [0, 0.1) is 6.92 Å². The number of aliphatic hydroxyl groups excluding tert-OH is 1. The molecule has 10 heteroatoms. The number of ether oxygens (including phenoxy) is 1. The largest absolute Gasteiger partial charge is 0.508 e. The number of para-hydroxylation sites is 1. The van der Waals surface area contributed by atoms with Crippen LogP contribution in [0.1, 0.15) is 65.1 Å². The van der Waals surface area contributed by atoms with E-state index in [0.29, 0.717) is 22.7 Å². The average molecular weight is 548 g/mol. The first-order chi connectivity index (χ1) is 17.6. The van der Waals surface area contributed by atoms with Crippen LogP contribution in [0.25, 0.3) is 0 Å². The minimum absolute atomic E-state index is 0.0117. The molecule has 0 radical (unpaired) electrons. The lowest BCUT2D eigenvalue weighted by atomic mass is 9.92. The molecule has 2 atom stereocenters. The quantitative estimate of drug-likeness (QED) is 0.352. The zero-order valence-electron chi connectivity index (χ0n) is 23.0. The van der Waals surface area contributed by atoms with Crippen molar-refractivity contribution in [3.63, 3.8) is 0 Å². The molecule has 0 bridgehead atoms. The van der Waals surface area contributed by atoms with Crippen LogP contribution < -0.4 is 10.6 Å². The highest BCUT2D eigenvalue weighted by Crippen LogP contribution is 2.35. The summed E-state index contributed by atoms with van der Waals surface area (Å²) in [4.78, 5) is 41.7. The van der Waals surface area contributed by atoms with Gasteiger partial charge in [0.25, 0.3) is 5.91 Å². The maximum Gasteiger partial charge on any atom is 0.408 e. The molecule has 9 nitrogen and oxygen atoms in total. The summed E-state index contributed by atoms with van der Waals surface area (Å²) in [5.41, 5.74) is -0.196. The number of halogens is 1. The molecular formula is C28H38ClN3O6. The lowest BCUT2D eigenvalue weighted by Crippen LogP contribution is -2.59. The van der Waals surface area contributed by atoms with Crippen molar-refractivity contribution in [3.8, 4) is 5.75 Å². The summed E-state index contributed by atoms with van der Waals surface area (Å²) >= 11 is 6.36. The van der Waals surface area contributed by atoms with Crippen LogP contribution >= 0.6 is 11.6 Å². The number of rotatable bonds is 9. The predicted molar refractivity (Wildman–Crippen MR) is 147 cm³/mol. The fraction of sp³-hybridized carbons (Fsp3) is 0.464. The summed E-state index contributed by atoms with van der Waals surface area (Å²) in [6, 6.07) is 8.53. The van der Waals surface area contributed by atoms with Crippen molar-refractivity contribution in [3.05, 3.63) is 58.6 Å². The van der Waals surface area contributed by atoms with E-state index in [4.69, 9.17) is 16.3 Å². The van der Waals surface area contributed by atoms with Gasteiger partial charge in [-0.25, -0.2) is 4.79 Å². The van der Waals surface area contributed by atoms with Crippen LogP contribution in [0.2, 0.25) is 5.02 Å². The van der Waals surface area contributed by atoms with Crippen LogP contribution in [0.5, 0.6) is 5.75 Å². The number of hydrogen-bond acceptors (Lipinski definition) is 6. The zero-order chi connectivity index (χ0) is 28.8. The monoisotopic (exact) mass is 547 g/mol. The summed E-state index contributed by atoms with van der Waals surface area (Å²) < 4.78 is 5.27. The molecule has 0 saturated heterocycles. The van der Waals surface area contributed by atoms with Crippen LogP contribution in [-0.4, -0.2) is 56.8 Å². The van der Waals surface area contributed by atoms with Crippen LogP contribution in [0.15, 0.2) is 42.5 Å². The van der Waals surface area contributed by atoms with Gasteiger partial charge in [-0.3, -0.25) is 9.59 Å². The zero-order valence-corrected chi connectivity index (χ0v) is 23.7. The number of nitrogens with one attached hydrogen (secondary N) is 2. The van der Waals surface area contributed by atoms with Gasteiger partial charge in [0.05, 0.1) is 17.3 Å². The van der Waals surface area contributed by atoms with Crippen LogP contribution in [-0.2, 0) is 14.3 Å². The van der Waals surface area contributed by atoms with E-state index in [1.54, 1.807) is 71.9 Å². The van der Waals surface area contributed by atoms with E-state index >= 15 is 0 Å². The molecular weight excluding hydrogens is 510 g/mol. The van der Waals surface area contributed by atoms with Gasteiger partial charge in [-0.1, -0.05) is 42.8 Å². The van der Waals surface area contributed by atoms with E-state index < -0.39 is 47.7 Å². The molecule has 2 unspecified atom stereocenters. The van der Waals surface area contributed by atoms with E-state index in [0.717, 1.165) is 5.56 Å². The number of carbonyl (C=O) groups excluding carboxylic acids is 3. The molecule has 0 fully saturated rings. The van der Waals surface area contributed by atoms with E-state index in [-0.39, 0.29) is 5.75 Å². The van der Waals surface area contributed by atoms with Gasteiger partial charge in [0, 0.05) is 5.54 Å². The molecule has 0 heterocycles. The van der Waals surface area contributed by atoms with Crippen molar-refractivity contribution in [2.24, 2.45) is 0 Å². The highest BCUT2D eigenvalue weighted by Gasteiger charge is 2.43. The number of aryl methyl sites for hydroxylation is 1. The first-order valence-corrected chi connectivity index (χ1v) is 12.8. The number of aliphatic hydroxyl groups is 1. The molecule has 0 aliphatic heterocycles. The Labute approximate surface area is 229 Å². The Bertz CT molecular complexity index is 1120. The second-order valence-electron chi connectivity index (χ2n) is 10.7. The van der Waals surface area contributed by atoms with E-state index in [2.05, 4.69) is 10.6 Å². The SMILES string of the molecule is CCC(C)(C)N(C(=O)C(CO)NC(=O)OC(C)(C)C)C(C(=O)Nc1c(C)cccc1Cl)c1ccc(O)cc1. The van der Waals surface area contributed by atoms with Crippen molar-refractivity contribution in [1.82, 2.24) is 10.2 Å². The molecule has 38 heavy (non-hydrogen) atoms. The van der Waals surface area contributed by atoms with E-state index in [9.17, 15) is 24.6 Å². The highest BCUT2D eigenvalue weighted by molar-refractivity contribution is 6.34. The maximum atomic E-state index is 14.0. The number of phenolic OH excluding ortho intramolecular Hbond substituents is 1. The number of hydrogen-bond donors (Lipinski definition) is 4. The van der Waals surface area contributed by atoms with Gasteiger partial charge in [0.2, 0.25) is 5.91 Å². The Morgan fingerprint density at radius 1 is 1.05 bits per heavy atom. The van der Waals surface area contributed by atoms with Gasteiger partial charge in [0.15, 0.2) is 0 Å². The minimum Gasteiger partial charge on any atom is -0.508 e. The van der Waals surface area contributed by atoms with Gasteiger partial charge >= 0.3 is 6.09 Å². The molecule has 4 N–H and O–H groups in total. The lowest BCUT2D eigenvalue weighted by molar-refractivity contribution is -0.148. The smallest absolute Gasteiger partial charge is 0.408 e. The highest BCUT2D eigenvalue weighted by atomic mass is 35.5. The number of aromatic hydroxyl groups is 1. The second-order valence-corrected chi connectivity index (χ2v) is 11.1.